The Morgan fingerprint density at radius 2 is 1.74 bits per heavy atom. The van der Waals surface area contributed by atoms with E-state index in [4.69, 9.17) is 4.74 Å². The lowest BCUT2D eigenvalue weighted by Gasteiger charge is -2.19. The number of carbonyl (C=O) groups excluding carboxylic acids is 2. The van der Waals surface area contributed by atoms with Gasteiger partial charge in [0.25, 0.3) is 0 Å². The van der Waals surface area contributed by atoms with Gasteiger partial charge in [0.05, 0.1) is 0 Å². The van der Waals surface area contributed by atoms with Crippen LogP contribution in [0.15, 0.2) is 30.3 Å². The predicted octanol–water partition coefficient (Wildman–Crippen LogP) is 2.46. The molecule has 0 aliphatic carbocycles. The van der Waals surface area contributed by atoms with Gasteiger partial charge in [-0.3, -0.25) is 4.79 Å². The first-order valence-corrected chi connectivity index (χ1v) is 7.64. The van der Waals surface area contributed by atoms with Crippen LogP contribution in [0.2, 0.25) is 0 Å². The SMILES string of the molecule is CC(C)(C)OC(=O)NCCNC(=O)CCC#Cc1ccccc1. The molecule has 0 aromatic heterocycles. The van der Waals surface area contributed by atoms with Gasteiger partial charge in [0.2, 0.25) is 5.91 Å². The molecule has 0 spiro atoms. The van der Waals surface area contributed by atoms with Crippen LogP contribution in [0.1, 0.15) is 39.2 Å². The highest BCUT2D eigenvalue weighted by Crippen LogP contribution is 2.05. The van der Waals surface area contributed by atoms with Crippen LogP contribution in [-0.4, -0.2) is 30.7 Å². The number of hydrogen-bond acceptors (Lipinski definition) is 3. The zero-order valence-electron chi connectivity index (χ0n) is 13.9. The van der Waals surface area contributed by atoms with Crippen LogP contribution in [0.3, 0.4) is 0 Å². The molecule has 1 aromatic carbocycles. The van der Waals surface area contributed by atoms with E-state index >= 15 is 0 Å². The lowest BCUT2D eigenvalue weighted by Crippen LogP contribution is -2.37. The van der Waals surface area contributed by atoms with Crippen LogP contribution in [-0.2, 0) is 9.53 Å². The molecule has 0 fully saturated rings. The van der Waals surface area contributed by atoms with Gasteiger partial charge in [0, 0.05) is 31.5 Å². The van der Waals surface area contributed by atoms with Gasteiger partial charge in [-0.25, -0.2) is 4.79 Å². The third kappa shape index (κ3) is 9.97. The van der Waals surface area contributed by atoms with E-state index in [0.29, 0.717) is 25.9 Å². The molecule has 2 N–H and O–H groups in total. The smallest absolute Gasteiger partial charge is 0.407 e. The second kappa shape index (κ2) is 9.52. The fourth-order valence-corrected chi connectivity index (χ4v) is 1.63. The zero-order chi connectivity index (χ0) is 17.1. The van der Waals surface area contributed by atoms with Crippen LogP contribution < -0.4 is 10.6 Å². The Bertz CT molecular complexity index is 565. The van der Waals surface area contributed by atoms with E-state index in [0.717, 1.165) is 5.56 Å². The number of carbonyl (C=O) groups is 2. The molecule has 124 valence electrons. The third-order valence-electron chi connectivity index (χ3n) is 2.60. The van der Waals surface area contributed by atoms with Crippen molar-refractivity contribution in [1.29, 1.82) is 0 Å². The van der Waals surface area contributed by atoms with Crippen LogP contribution in [0.25, 0.3) is 0 Å². The summed E-state index contributed by atoms with van der Waals surface area (Å²) in [5.74, 6) is 5.88. The summed E-state index contributed by atoms with van der Waals surface area (Å²) in [6.07, 6.45) is 0.354. The number of benzene rings is 1. The number of ether oxygens (including phenoxy) is 1. The Kier molecular flexibility index (Phi) is 7.69. The summed E-state index contributed by atoms with van der Waals surface area (Å²) < 4.78 is 5.09. The standard InChI is InChI=1S/C18H24N2O3/c1-18(2,3)23-17(22)20-14-13-19-16(21)12-8-7-11-15-9-5-4-6-10-15/h4-6,9-10H,8,12-14H2,1-3H3,(H,19,21)(H,20,22). The number of nitrogens with one attached hydrogen (secondary N) is 2. The maximum Gasteiger partial charge on any atom is 0.407 e. The molecular weight excluding hydrogens is 292 g/mol. The van der Waals surface area contributed by atoms with E-state index < -0.39 is 11.7 Å². The summed E-state index contributed by atoms with van der Waals surface area (Å²) in [5, 5.41) is 5.30. The molecule has 0 saturated carbocycles. The van der Waals surface area contributed by atoms with Crippen molar-refractivity contribution in [3.05, 3.63) is 35.9 Å². The Morgan fingerprint density at radius 3 is 2.39 bits per heavy atom. The number of amides is 2. The fraction of sp³-hybridized carbons (Fsp3) is 0.444. The lowest BCUT2D eigenvalue weighted by molar-refractivity contribution is -0.120. The van der Waals surface area contributed by atoms with Crippen molar-refractivity contribution in [2.75, 3.05) is 13.1 Å². The number of hydrogen-bond donors (Lipinski definition) is 2. The van der Waals surface area contributed by atoms with Gasteiger partial charge in [-0.1, -0.05) is 30.0 Å². The molecule has 0 atom stereocenters. The summed E-state index contributed by atoms with van der Waals surface area (Å²) >= 11 is 0. The minimum Gasteiger partial charge on any atom is -0.444 e. The molecule has 0 heterocycles. The number of rotatable bonds is 5. The van der Waals surface area contributed by atoms with Crippen LogP contribution in [0.5, 0.6) is 0 Å². The van der Waals surface area contributed by atoms with Gasteiger partial charge < -0.3 is 15.4 Å². The van der Waals surface area contributed by atoms with Gasteiger partial charge in [0.1, 0.15) is 5.60 Å². The van der Waals surface area contributed by atoms with E-state index in [-0.39, 0.29) is 5.91 Å². The first-order valence-electron chi connectivity index (χ1n) is 7.64. The minimum absolute atomic E-state index is 0.0849. The molecule has 2 amide bonds. The lowest BCUT2D eigenvalue weighted by atomic mass is 10.2. The fourth-order valence-electron chi connectivity index (χ4n) is 1.63. The average molecular weight is 316 g/mol. The molecule has 0 aliphatic rings. The maximum atomic E-state index is 11.6. The molecule has 5 heteroatoms. The molecule has 0 saturated heterocycles. The molecule has 5 nitrogen and oxygen atoms in total. The van der Waals surface area contributed by atoms with Crippen molar-refractivity contribution in [3.63, 3.8) is 0 Å². The molecular formula is C18H24N2O3. The molecule has 0 unspecified atom stereocenters. The highest BCUT2D eigenvalue weighted by Gasteiger charge is 2.15. The van der Waals surface area contributed by atoms with Crippen molar-refractivity contribution in [2.24, 2.45) is 0 Å². The molecule has 1 aromatic rings. The van der Waals surface area contributed by atoms with E-state index in [9.17, 15) is 9.59 Å². The van der Waals surface area contributed by atoms with Crippen LogP contribution in [0, 0.1) is 11.8 Å². The van der Waals surface area contributed by atoms with E-state index in [1.54, 1.807) is 20.8 Å². The van der Waals surface area contributed by atoms with E-state index in [2.05, 4.69) is 22.5 Å². The summed E-state index contributed by atoms with van der Waals surface area (Å²) in [6.45, 7) is 6.08. The van der Waals surface area contributed by atoms with E-state index in [1.807, 2.05) is 30.3 Å². The van der Waals surface area contributed by atoms with Crippen molar-refractivity contribution in [2.45, 2.75) is 39.2 Å². The van der Waals surface area contributed by atoms with Gasteiger partial charge in [0.15, 0.2) is 0 Å². The van der Waals surface area contributed by atoms with Gasteiger partial charge in [-0.05, 0) is 32.9 Å². The predicted molar refractivity (Wildman–Crippen MR) is 89.8 cm³/mol. The van der Waals surface area contributed by atoms with Gasteiger partial charge in [-0.2, -0.15) is 0 Å². The summed E-state index contributed by atoms with van der Waals surface area (Å²) in [4.78, 5) is 23.0. The first kappa shape index (κ1) is 18.6. The quantitative estimate of drug-likeness (QED) is 0.648. The molecule has 1 rings (SSSR count). The number of alkyl carbamates (subject to hydrolysis) is 1. The zero-order valence-corrected chi connectivity index (χ0v) is 13.9. The van der Waals surface area contributed by atoms with Crippen LogP contribution >= 0.6 is 0 Å². The highest BCUT2D eigenvalue weighted by molar-refractivity contribution is 5.76. The second-order valence-electron chi connectivity index (χ2n) is 5.95. The maximum absolute atomic E-state index is 11.6. The summed E-state index contributed by atoms with van der Waals surface area (Å²) in [6, 6.07) is 9.64. The normalized spacial score (nSPS) is 10.2. The minimum atomic E-state index is -0.523. The van der Waals surface area contributed by atoms with Gasteiger partial charge in [-0.15, -0.1) is 0 Å². The van der Waals surface area contributed by atoms with Crippen molar-refractivity contribution in [3.8, 4) is 11.8 Å². The average Bonchev–Trinajstić information content (AvgIpc) is 2.47. The van der Waals surface area contributed by atoms with Crippen LogP contribution in [0.4, 0.5) is 4.79 Å². The van der Waals surface area contributed by atoms with Gasteiger partial charge >= 0.3 is 6.09 Å². The summed E-state index contributed by atoms with van der Waals surface area (Å²) in [5.41, 5.74) is 0.416. The molecule has 23 heavy (non-hydrogen) atoms. The largest absolute Gasteiger partial charge is 0.444 e. The molecule has 0 bridgehead atoms. The topological polar surface area (TPSA) is 67.4 Å². The first-order chi connectivity index (χ1) is 10.9. The Morgan fingerprint density at radius 1 is 1.09 bits per heavy atom. The molecule has 0 aliphatic heterocycles. The highest BCUT2D eigenvalue weighted by atomic mass is 16.6. The summed E-state index contributed by atoms with van der Waals surface area (Å²) in [7, 11) is 0. The van der Waals surface area contributed by atoms with Crippen molar-refractivity contribution < 1.29 is 14.3 Å². The van der Waals surface area contributed by atoms with Crippen molar-refractivity contribution in [1.82, 2.24) is 10.6 Å². The second-order valence-corrected chi connectivity index (χ2v) is 5.95. The Hall–Kier alpha value is -2.48. The Labute approximate surface area is 137 Å². The van der Waals surface area contributed by atoms with E-state index in [1.165, 1.54) is 0 Å². The van der Waals surface area contributed by atoms with Crippen molar-refractivity contribution >= 4 is 12.0 Å². The third-order valence-corrected chi connectivity index (χ3v) is 2.60. The monoisotopic (exact) mass is 316 g/mol. The Balaban J connectivity index is 2.11. The molecule has 0 radical (unpaired) electrons.